The predicted molar refractivity (Wildman–Crippen MR) is 67.5 cm³/mol. The van der Waals surface area contributed by atoms with Gasteiger partial charge in [0.05, 0.1) is 30.8 Å². The van der Waals surface area contributed by atoms with Crippen LogP contribution in [0.15, 0.2) is 24.3 Å². The van der Waals surface area contributed by atoms with E-state index in [1.165, 1.54) is 4.90 Å². The average Bonchev–Trinajstić information content (AvgIpc) is 2.36. The summed E-state index contributed by atoms with van der Waals surface area (Å²) < 4.78 is 28.7. The van der Waals surface area contributed by atoms with E-state index in [1.54, 1.807) is 24.3 Å². The summed E-state index contributed by atoms with van der Waals surface area (Å²) in [5, 5.41) is 11.4. The number of rotatable bonds is 4. The number of nitrogens with one attached hydrogen (secondary N) is 1. The molecule has 1 aromatic rings. The van der Waals surface area contributed by atoms with Gasteiger partial charge in [-0.15, -0.1) is 0 Å². The van der Waals surface area contributed by atoms with Gasteiger partial charge >= 0.3 is 6.03 Å². The van der Waals surface area contributed by atoms with E-state index < -0.39 is 13.0 Å². The Kier molecular flexibility index (Phi) is 4.48. The van der Waals surface area contributed by atoms with Crippen LogP contribution in [0.3, 0.4) is 0 Å². The number of hydrogen-bond donors (Lipinski definition) is 1. The number of hydrogen-bond acceptors (Lipinski definition) is 3. The quantitative estimate of drug-likeness (QED) is 0.918. The van der Waals surface area contributed by atoms with Crippen molar-refractivity contribution in [2.75, 3.05) is 25.0 Å². The number of carbonyl (C=O) groups is 1. The molecule has 1 heterocycles. The molecule has 0 atom stereocenters. The second-order valence-corrected chi connectivity index (χ2v) is 4.37. The molecule has 1 aliphatic heterocycles. The van der Waals surface area contributed by atoms with E-state index in [0.717, 1.165) is 0 Å². The topological polar surface area (TPSA) is 65.4 Å². The Hall–Kier alpha value is -2.20. The minimum absolute atomic E-state index is 0.288. The number of urea groups is 1. The van der Waals surface area contributed by atoms with Gasteiger partial charge in [0.2, 0.25) is 0 Å². The Balaban J connectivity index is 1.78. The molecule has 2 rings (SSSR count). The molecule has 0 unspecified atom stereocenters. The van der Waals surface area contributed by atoms with Crippen molar-refractivity contribution in [2.24, 2.45) is 0 Å². The molecule has 0 spiro atoms. The fourth-order valence-electron chi connectivity index (χ4n) is 1.79. The largest absolute Gasteiger partial charge is 0.369 e. The first-order chi connectivity index (χ1) is 9.58. The predicted octanol–water partition coefficient (Wildman–Crippen LogP) is 2.06. The lowest BCUT2D eigenvalue weighted by atomic mass is 10.2. The summed E-state index contributed by atoms with van der Waals surface area (Å²) in [4.78, 5) is 13.3. The van der Waals surface area contributed by atoms with Crippen LogP contribution >= 0.6 is 0 Å². The van der Waals surface area contributed by atoms with Gasteiger partial charge in [-0.1, -0.05) is 6.07 Å². The van der Waals surface area contributed by atoms with Crippen molar-refractivity contribution in [3.63, 3.8) is 0 Å². The summed E-state index contributed by atoms with van der Waals surface area (Å²) in [6, 6.07) is 8.17. The second kappa shape index (κ2) is 6.30. The van der Waals surface area contributed by atoms with Crippen molar-refractivity contribution in [1.82, 2.24) is 4.90 Å². The summed E-state index contributed by atoms with van der Waals surface area (Å²) in [5.41, 5.74) is 0.968. The summed E-state index contributed by atoms with van der Waals surface area (Å²) in [7, 11) is 0. The van der Waals surface area contributed by atoms with E-state index >= 15 is 0 Å². The Morgan fingerprint density at radius 2 is 2.30 bits per heavy atom. The number of nitriles is 1. The lowest BCUT2D eigenvalue weighted by Crippen LogP contribution is -2.56. The van der Waals surface area contributed by atoms with Crippen LogP contribution in [0.2, 0.25) is 0 Å². The van der Waals surface area contributed by atoms with Gasteiger partial charge in [-0.05, 0) is 18.2 Å². The zero-order valence-corrected chi connectivity index (χ0v) is 10.6. The molecule has 20 heavy (non-hydrogen) atoms. The minimum Gasteiger partial charge on any atom is -0.369 e. The van der Waals surface area contributed by atoms with Crippen molar-refractivity contribution in [3.8, 4) is 6.07 Å². The van der Waals surface area contributed by atoms with Crippen molar-refractivity contribution < 1.29 is 18.3 Å². The first kappa shape index (κ1) is 14.2. The van der Waals surface area contributed by atoms with E-state index in [9.17, 15) is 13.6 Å². The van der Waals surface area contributed by atoms with Crippen molar-refractivity contribution in [3.05, 3.63) is 29.8 Å². The highest BCUT2D eigenvalue weighted by Crippen LogP contribution is 2.16. The molecule has 0 saturated carbocycles. The zero-order valence-electron chi connectivity index (χ0n) is 10.6. The SMILES string of the molecule is N#Cc1cccc(NC(=O)N2CC(OCC(F)F)C2)c1. The van der Waals surface area contributed by atoms with Gasteiger partial charge in [0.15, 0.2) is 0 Å². The molecule has 1 saturated heterocycles. The molecular weight excluding hydrogens is 268 g/mol. The van der Waals surface area contributed by atoms with Crippen LogP contribution in [0.5, 0.6) is 0 Å². The van der Waals surface area contributed by atoms with Gasteiger partial charge in [0, 0.05) is 5.69 Å². The van der Waals surface area contributed by atoms with E-state index in [2.05, 4.69) is 5.32 Å². The number of halogens is 2. The highest BCUT2D eigenvalue weighted by atomic mass is 19.3. The number of carbonyl (C=O) groups excluding carboxylic acids is 1. The van der Waals surface area contributed by atoms with Crippen molar-refractivity contribution in [2.45, 2.75) is 12.5 Å². The van der Waals surface area contributed by atoms with Crippen LogP contribution < -0.4 is 5.32 Å². The molecule has 0 aliphatic carbocycles. The standard InChI is InChI=1S/C13H13F2N3O2/c14-12(15)8-20-11-6-18(7-11)13(19)17-10-3-1-2-9(4-10)5-16/h1-4,11-12H,6-8H2,(H,17,19). The summed E-state index contributed by atoms with van der Waals surface area (Å²) in [6.45, 7) is -0.0304. The first-order valence-electron chi connectivity index (χ1n) is 6.04. The van der Waals surface area contributed by atoms with Gasteiger partial charge in [-0.2, -0.15) is 5.26 Å². The van der Waals surface area contributed by atoms with Crippen molar-refractivity contribution in [1.29, 1.82) is 5.26 Å². The summed E-state index contributed by atoms with van der Waals surface area (Å²) >= 11 is 0. The Morgan fingerprint density at radius 1 is 1.55 bits per heavy atom. The maximum Gasteiger partial charge on any atom is 0.322 e. The Labute approximate surface area is 114 Å². The van der Waals surface area contributed by atoms with Crippen LogP contribution in [-0.4, -0.2) is 43.2 Å². The number of benzene rings is 1. The van der Waals surface area contributed by atoms with Gasteiger partial charge in [-0.3, -0.25) is 0 Å². The fraction of sp³-hybridized carbons (Fsp3) is 0.385. The molecule has 1 aromatic carbocycles. The summed E-state index contributed by atoms with van der Waals surface area (Å²) in [6.07, 6.45) is -2.83. The fourth-order valence-corrected chi connectivity index (χ4v) is 1.79. The highest BCUT2D eigenvalue weighted by molar-refractivity contribution is 5.90. The first-order valence-corrected chi connectivity index (χ1v) is 6.04. The number of anilines is 1. The van der Waals surface area contributed by atoms with Crippen LogP contribution in [0.1, 0.15) is 5.56 Å². The number of ether oxygens (including phenoxy) is 1. The summed E-state index contributed by atoms with van der Waals surface area (Å²) in [5.74, 6) is 0. The molecule has 0 aromatic heterocycles. The molecule has 1 aliphatic rings. The number of nitrogens with zero attached hydrogens (tertiary/aromatic N) is 2. The van der Waals surface area contributed by atoms with Gasteiger partial charge in [0.25, 0.3) is 6.43 Å². The van der Waals surface area contributed by atoms with E-state index in [0.29, 0.717) is 11.3 Å². The monoisotopic (exact) mass is 281 g/mol. The lowest BCUT2D eigenvalue weighted by Gasteiger charge is -2.38. The third-order valence-corrected chi connectivity index (χ3v) is 2.84. The molecule has 5 nitrogen and oxygen atoms in total. The number of amides is 2. The van der Waals surface area contributed by atoms with E-state index in [-0.39, 0.29) is 25.2 Å². The maximum atomic E-state index is 11.9. The normalized spacial score (nSPS) is 14.8. The van der Waals surface area contributed by atoms with Crippen LogP contribution in [0.4, 0.5) is 19.3 Å². The zero-order chi connectivity index (χ0) is 14.5. The maximum absolute atomic E-state index is 11.9. The number of likely N-dealkylation sites (tertiary alicyclic amines) is 1. The third kappa shape index (κ3) is 3.65. The molecule has 1 fully saturated rings. The van der Waals surface area contributed by atoms with Gasteiger partial charge in [0.1, 0.15) is 6.61 Å². The molecule has 106 valence electrons. The molecule has 0 radical (unpaired) electrons. The van der Waals surface area contributed by atoms with E-state index in [4.69, 9.17) is 10.00 Å². The van der Waals surface area contributed by atoms with Crippen LogP contribution in [0, 0.1) is 11.3 Å². The molecule has 7 heteroatoms. The van der Waals surface area contributed by atoms with Gasteiger partial charge < -0.3 is 15.0 Å². The third-order valence-electron chi connectivity index (χ3n) is 2.84. The second-order valence-electron chi connectivity index (χ2n) is 4.37. The van der Waals surface area contributed by atoms with E-state index in [1.807, 2.05) is 6.07 Å². The van der Waals surface area contributed by atoms with Crippen molar-refractivity contribution >= 4 is 11.7 Å². The molecular formula is C13H13F2N3O2. The Morgan fingerprint density at radius 3 is 2.95 bits per heavy atom. The van der Waals surface area contributed by atoms with Crippen LogP contribution in [-0.2, 0) is 4.74 Å². The highest BCUT2D eigenvalue weighted by Gasteiger charge is 2.31. The van der Waals surface area contributed by atoms with Crippen LogP contribution in [0.25, 0.3) is 0 Å². The van der Waals surface area contributed by atoms with Gasteiger partial charge in [-0.25, -0.2) is 13.6 Å². The Bertz CT molecular complexity index is 525. The number of alkyl halides is 2. The molecule has 1 N–H and O–H groups in total. The molecule has 2 amide bonds. The smallest absolute Gasteiger partial charge is 0.322 e. The molecule has 0 bridgehead atoms. The lowest BCUT2D eigenvalue weighted by molar-refractivity contribution is -0.0732. The average molecular weight is 281 g/mol. The minimum atomic E-state index is -2.49.